The van der Waals surface area contributed by atoms with E-state index in [1.54, 1.807) is 30.3 Å². The van der Waals surface area contributed by atoms with E-state index in [2.05, 4.69) is 10.2 Å². The van der Waals surface area contributed by atoms with Gasteiger partial charge in [0.25, 0.3) is 5.22 Å². The van der Waals surface area contributed by atoms with E-state index >= 15 is 0 Å². The predicted octanol–water partition coefficient (Wildman–Crippen LogP) is 3.05. The number of hydrogen-bond donors (Lipinski definition) is 1. The summed E-state index contributed by atoms with van der Waals surface area (Å²) in [4.78, 5) is 11.5. The number of rotatable bonds is 7. The molecule has 9 heteroatoms. The summed E-state index contributed by atoms with van der Waals surface area (Å²) >= 11 is 0.790. The van der Waals surface area contributed by atoms with Crippen molar-refractivity contribution in [3.05, 3.63) is 52.9 Å². The standard InChI is InChI=1S/C19H16N2O6S/c1-25-14-8-12(9-15(10-14)26-2)17-20-21-19(27-17)28-16(18(23)24)7-11-4-3-5-13(22)6-11/h3-10,22H,1-2H3,(H,23,24)/p-1/b16-7+. The van der Waals surface area contributed by atoms with Crippen LogP contribution in [0.15, 0.2) is 57.0 Å². The van der Waals surface area contributed by atoms with Gasteiger partial charge in [-0.15, -0.1) is 15.9 Å². The van der Waals surface area contributed by atoms with E-state index in [1.165, 1.54) is 32.4 Å². The molecule has 1 aromatic heterocycles. The van der Waals surface area contributed by atoms with E-state index < -0.39 is 5.97 Å². The Hall–Kier alpha value is -3.46. The zero-order valence-corrected chi connectivity index (χ0v) is 15.7. The zero-order valence-electron chi connectivity index (χ0n) is 14.9. The van der Waals surface area contributed by atoms with Gasteiger partial charge in [0, 0.05) is 11.6 Å². The topological polar surface area (TPSA) is 118 Å². The molecule has 0 amide bonds. The number of methoxy groups -OCH3 is 2. The maximum absolute atomic E-state index is 11.5. The van der Waals surface area contributed by atoms with E-state index in [-0.39, 0.29) is 21.8 Å². The SMILES string of the molecule is COc1cc(OC)cc(-c2nnc(S/C(=C/c3cccc([O-])c3)C(=O)O)o2)c1. The molecule has 0 saturated carbocycles. The summed E-state index contributed by atoms with van der Waals surface area (Å²) in [5, 5.41) is 28.7. The number of aromatic nitrogens is 2. The number of aliphatic carboxylic acids is 1. The first-order chi connectivity index (χ1) is 13.5. The minimum atomic E-state index is -1.18. The largest absolute Gasteiger partial charge is 0.872 e. The van der Waals surface area contributed by atoms with Crippen molar-refractivity contribution in [2.75, 3.05) is 14.2 Å². The molecule has 1 N–H and O–H groups in total. The van der Waals surface area contributed by atoms with Crippen LogP contribution in [0.5, 0.6) is 17.2 Å². The van der Waals surface area contributed by atoms with Gasteiger partial charge in [0.05, 0.1) is 14.2 Å². The van der Waals surface area contributed by atoms with Crippen LogP contribution in [0.3, 0.4) is 0 Å². The molecular weight excluding hydrogens is 384 g/mol. The lowest BCUT2D eigenvalue weighted by atomic mass is 10.2. The third-order valence-corrected chi connectivity index (χ3v) is 4.42. The second-order valence-electron chi connectivity index (χ2n) is 5.46. The van der Waals surface area contributed by atoms with Crippen LogP contribution in [0.2, 0.25) is 0 Å². The second-order valence-corrected chi connectivity index (χ2v) is 6.46. The second kappa shape index (κ2) is 8.49. The van der Waals surface area contributed by atoms with Crippen LogP contribution < -0.4 is 14.6 Å². The molecule has 0 unspecified atom stereocenters. The summed E-state index contributed by atoms with van der Waals surface area (Å²) in [6, 6.07) is 11.0. The Bertz CT molecular complexity index is 1010. The van der Waals surface area contributed by atoms with Crippen LogP contribution in [0.4, 0.5) is 0 Å². The van der Waals surface area contributed by atoms with Crippen LogP contribution in [0.25, 0.3) is 17.5 Å². The van der Waals surface area contributed by atoms with Gasteiger partial charge in [0.2, 0.25) is 5.89 Å². The lowest BCUT2D eigenvalue weighted by Crippen LogP contribution is -1.97. The van der Waals surface area contributed by atoms with Crippen molar-refractivity contribution in [1.82, 2.24) is 10.2 Å². The molecule has 0 spiro atoms. The molecule has 28 heavy (non-hydrogen) atoms. The van der Waals surface area contributed by atoms with Gasteiger partial charge in [-0.2, -0.15) is 0 Å². The number of ether oxygens (including phenoxy) is 2. The first-order valence-electron chi connectivity index (χ1n) is 7.95. The molecule has 0 radical (unpaired) electrons. The van der Waals surface area contributed by atoms with Crippen LogP contribution in [0, 0.1) is 0 Å². The number of benzene rings is 2. The van der Waals surface area contributed by atoms with Gasteiger partial charge in [-0.3, -0.25) is 0 Å². The summed E-state index contributed by atoms with van der Waals surface area (Å²) in [6.07, 6.45) is 1.37. The first kappa shape index (κ1) is 19.3. The third-order valence-electron chi connectivity index (χ3n) is 3.57. The highest BCUT2D eigenvalue weighted by Crippen LogP contribution is 2.33. The molecule has 8 nitrogen and oxygen atoms in total. The molecular formula is C19H15N2O6S-. The summed E-state index contributed by atoms with van der Waals surface area (Å²) in [5.74, 6) is -0.110. The van der Waals surface area contributed by atoms with Crippen molar-refractivity contribution in [1.29, 1.82) is 0 Å². The Morgan fingerprint density at radius 2 is 1.86 bits per heavy atom. The molecule has 3 rings (SSSR count). The first-order valence-corrected chi connectivity index (χ1v) is 8.77. The molecule has 1 heterocycles. The van der Waals surface area contributed by atoms with Crippen molar-refractivity contribution in [3.63, 3.8) is 0 Å². The van der Waals surface area contributed by atoms with E-state index in [0.29, 0.717) is 22.6 Å². The molecule has 0 aliphatic heterocycles. The molecule has 0 bridgehead atoms. The van der Waals surface area contributed by atoms with Crippen LogP contribution in [-0.4, -0.2) is 35.5 Å². The van der Waals surface area contributed by atoms with Gasteiger partial charge in [0.1, 0.15) is 16.4 Å². The van der Waals surface area contributed by atoms with E-state index in [0.717, 1.165) is 11.8 Å². The van der Waals surface area contributed by atoms with E-state index in [9.17, 15) is 15.0 Å². The lowest BCUT2D eigenvalue weighted by Gasteiger charge is -2.06. The van der Waals surface area contributed by atoms with Gasteiger partial charge in [-0.25, -0.2) is 4.79 Å². The highest BCUT2D eigenvalue weighted by Gasteiger charge is 2.17. The summed E-state index contributed by atoms with van der Waals surface area (Å²) < 4.78 is 16.0. The van der Waals surface area contributed by atoms with Gasteiger partial charge in [0.15, 0.2) is 0 Å². The summed E-state index contributed by atoms with van der Waals surface area (Å²) in [5.41, 5.74) is 1.03. The molecule has 0 aliphatic rings. The number of nitrogens with zero attached hydrogens (tertiary/aromatic N) is 2. The quantitative estimate of drug-likeness (QED) is 0.472. The maximum Gasteiger partial charge on any atom is 0.342 e. The van der Waals surface area contributed by atoms with Crippen molar-refractivity contribution in [2.45, 2.75) is 5.22 Å². The minimum absolute atomic E-state index is 0.0451. The average molecular weight is 399 g/mol. The normalized spacial score (nSPS) is 11.3. The van der Waals surface area contributed by atoms with Crippen molar-refractivity contribution < 1.29 is 28.9 Å². The highest BCUT2D eigenvalue weighted by atomic mass is 32.2. The molecule has 144 valence electrons. The zero-order chi connectivity index (χ0) is 20.1. The minimum Gasteiger partial charge on any atom is -0.872 e. The number of carboxylic acid groups (broad SMARTS) is 1. The van der Waals surface area contributed by atoms with Crippen LogP contribution >= 0.6 is 11.8 Å². The van der Waals surface area contributed by atoms with Gasteiger partial charge in [-0.05, 0) is 35.5 Å². The Morgan fingerprint density at radius 3 is 2.46 bits per heavy atom. The predicted molar refractivity (Wildman–Crippen MR) is 100 cm³/mol. The molecule has 0 atom stereocenters. The van der Waals surface area contributed by atoms with Gasteiger partial charge in [-0.1, -0.05) is 24.3 Å². The molecule has 0 saturated heterocycles. The fourth-order valence-electron chi connectivity index (χ4n) is 2.28. The fraction of sp³-hybridized carbons (Fsp3) is 0.105. The maximum atomic E-state index is 11.5. The van der Waals surface area contributed by atoms with Crippen molar-refractivity contribution in [3.8, 4) is 28.7 Å². The Balaban J connectivity index is 1.88. The number of carbonyl (C=O) groups is 1. The number of carboxylic acids is 1. The van der Waals surface area contributed by atoms with Gasteiger partial charge >= 0.3 is 5.97 Å². The van der Waals surface area contributed by atoms with Crippen molar-refractivity contribution >= 4 is 23.8 Å². The van der Waals surface area contributed by atoms with Crippen LogP contribution in [-0.2, 0) is 4.79 Å². The molecule has 3 aromatic rings. The molecule has 2 aromatic carbocycles. The monoisotopic (exact) mass is 399 g/mol. The summed E-state index contributed by atoms with van der Waals surface area (Å²) in [6.45, 7) is 0. The Labute approximate surface area is 164 Å². The van der Waals surface area contributed by atoms with Gasteiger partial charge < -0.3 is 24.1 Å². The Morgan fingerprint density at radius 1 is 1.14 bits per heavy atom. The fourth-order valence-corrected chi connectivity index (χ4v) is 2.96. The molecule has 0 fully saturated rings. The average Bonchev–Trinajstić information content (AvgIpc) is 3.15. The van der Waals surface area contributed by atoms with Crippen molar-refractivity contribution in [2.24, 2.45) is 0 Å². The molecule has 0 aliphatic carbocycles. The van der Waals surface area contributed by atoms with E-state index in [1.807, 2.05) is 0 Å². The number of hydrogen-bond acceptors (Lipinski definition) is 8. The Kier molecular flexibility index (Phi) is 5.85. The smallest absolute Gasteiger partial charge is 0.342 e. The summed E-state index contributed by atoms with van der Waals surface area (Å²) in [7, 11) is 3.04. The highest BCUT2D eigenvalue weighted by molar-refractivity contribution is 8.03. The van der Waals surface area contributed by atoms with Crippen LogP contribution in [0.1, 0.15) is 5.56 Å². The van der Waals surface area contributed by atoms with E-state index in [4.69, 9.17) is 13.9 Å². The third kappa shape index (κ3) is 4.63. The lowest BCUT2D eigenvalue weighted by molar-refractivity contribution is -0.268. The number of thioether (sulfide) groups is 1.